The Balaban J connectivity index is 1.71. The van der Waals surface area contributed by atoms with Gasteiger partial charge in [0.05, 0.1) is 15.9 Å². The predicted molar refractivity (Wildman–Crippen MR) is 82.2 cm³/mol. The second kappa shape index (κ2) is 6.86. The van der Waals surface area contributed by atoms with Crippen molar-refractivity contribution in [3.05, 3.63) is 15.9 Å². The molecule has 1 fully saturated rings. The molecule has 0 aliphatic heterocycles. The van der Waals surface area contributed by atoms with E-state index in [0.29, 0.717) is 0 Å². The van der Waals surface area contributed by atoms with Crippen LogP contribution in [0.4, 0.5) is 0 Å². The van der Waals surface area contributed by atoms with Crippen LogP contribution in [0.2, 0.25) is 0 Å². The van der Waals surface area contributed by atoms with Crippen molar-refractivity contribution in [1.29, 1.82) is 0 Å². The smallest absolute Gasteiger partial charge is 0.0739 e. The van der Waals surface area contributed by atoms with Crippen LogP contribution in [0.3, 0.4) is 0 Å². The van der Waals surface area contributed by atoms with E-state index in [4.69, 9.17) is 0 Å². The van der Waals surface area contributed by atoms with Crippen LogP contribution < -0.4 is 5.32 Å². The Morgan fingerprint density at radius 2 is 2.11 bits per heavy atom. The molecule has 0 aromatic carbocycles. The number of likely N-dealkylation sites (N-methyl/N-ethyl adjacent to an activating group) is 1. The molecule has 0 unspecified atom stereocenters. The zero-order chi connectivity index (χ0) is 13.8. The maximum absolute atomic E-state index is 4.41. The third-order valence-electron chi connectivity index (χ3n) is 4.14. The van der Waals surface area contributed by atoms with Gasteiger partial charge in [-0.3, -0.25) is 4.68 Å². The molecule has 1 aliphatic carbocycles. The lowest BCUT2D eigenvalue weighted by atomic mass is 10.2. The minimum absolute atomic E-state index is 0.812. The Hall–Kier alpha value is -0.390. The lowest BCUT2D eigenvalue weighted by Gasteiger charge is -2.24. The molecule has 1 aromatic rings. The molecule has 0 spiro atoms. The minimum atomic E-state index is 0.812. The van der Waals surface area contributed by atoms with Crippen molar-refractivity contribution in [3.63, 3.8) is 0 Å². The Bertz CT molecular complexity index is 410. The van der Waals surface area contributed by atoms with Crippen molar-refractivity contribution in [2.45, 2.75) is 45.2 Å². The second-order valence-electron chi connectivity index (χ2n) is 5.57. The van der Waals surface area contributed by atoms with Crippen molar-refractivity contribution in [3.8, 4) is 0 Å². The van der Waals surface area contributed by atoms with E-state index in [2.05, 4.69) is 38.3 Å². The topological polar surface area (TPSA) is 33.1 Å². The number of nitrogens with zero attached hydrogens (tertiary/aromatic N) is 3. The van der Waals surface area contributed by atoms with Crippen LogP contribution >= 0.6 is 15.9 Å². The predicted octanol–water partition coefficient (Wildman–Crippen LogP) is 2.46. The van der Waals surface area contributed by atoms with E-state index in [9.17, 15) is 0 Å². The van der Waals surface area contributed by atoms with Gasteiger partial charge in [0.15, 0.2) is 0 Å². The van der Waals surface area contributed by atoms with Crippen LogP contribution in [0.15, 0.2) is 4.47 Å². The van der Waals surface area contributed by atoms with Crippen molar-refractivity contribution in [1.82, 2.24) is 20.0 Å². The summed E-state index contributed by atoms with van der Waals surface area (Å²) in [5.74, 6) is 0. The highest BCUT2D eigenvalue weighted by Gasteiger charge is 2.18. The summed E-state index contributed by atoms with van der Waals surface area (Å²) in [4.78, 5) is 2.50. The molecule has 0 atom stereocenters. The SMILES string of the molecule is Cc1nn(C)c(CNCCN(C)C2CCCC2)c1Br. The molecule has 2 rings (SSSR count). The Morgan fingerprint density at radius 3 is 2.68 bits per heavy atom. The summed E-state index contributed by atoms with van der Waals surface area (Å²) in [5.41, 5.74) is 2.28. The van der Waals surface area contributed by atoms with E-state index in [1.54, 1.807) is 0 Å². The van der Waals surface area contributed by atoms with Gasteiger partial charge < -0.3 is 10.2 Å². The minimum Gasteiger partial charge on any atom is -0.310 e. The maximum atomic E-state index is 4.41. The van der Waals surface area contributed by atoms with Gasteiger partial charge in [0.1, 0.15) is 0 Å². The molecule has 0 bridgehead atoms. The number of nitrogens with one attached hydrogen (secondary N) is 1. The molecular formula is C14H25BrN4. The molecular weight excluding hydrogens is 304 g/mol. The number of hydrogen-bond donors (Lipinski definition) is 1. The zero-order valence-corrected chi connectivity index (χ0v) is 13.8. The fourth-order valence-electron chi connectivity index (χ4n) is 2.86. The average Bonchev–Trinajstić information content (AvgIpc) is 2.98. The molecule has 1 aromatic heterocycles. The fraction of sp³-hybridized carbons (Fsp3) is 0.786. The standard InChI is InChI=1S/C14H25BrN4/c1-11-14(15)13(19(3)17-11)10-16-8-9-18(2)12-6-4-5-7-12/h12,16H,4-10H2,1-3H3. The number of rotatable bonds is 6. The van der Waals surface area contributed by atoms with Gasteiger partial charge in [-0.15, -0.1) is 0 Å². The van der Waals surface area contributed by atoms with Crippen LogP contribution in [0.25, 0.3) is 0 Å². The van der Waals surface area contributed by atoms with E-state index in [1.165, 1.54) is 31.4 Å². The molecule has 4 nitrogen and oxygen atoms in total. The number of aromatic nitrogens is 2. The lowest BCUT2D eigenvalue weighted by molar-refractivity contribution is 0.245. The van der Waals surface area contributed by atoms with E-state index in [0.717, 1.165) is 35.8 Å². The third-order valence-corrected chi connectivity index (χ3v) is 5.17. The number of aryl methyl sites for hydroxylation is 2. The summed E-state index contributed by atoms with van der Waals surface area (Å²) in [6, 6.07) is 0.812. The monoisotopic (exact) mass is 328 g/mol. The summed E-state index contributed by atoms with van der Waals surface area (Å²) < 4.78 is 3.08. The van der Waals surface area contributed by atoms with Crippen LogP contribution in [0.5, 0.6) is 0 Å². The van der Waals surface area contributed by atoms with Crippen molar-refractivity contribution < 1.29 is 0 Å². The number of hydrogen-bond acceptors (Lipinski definition) is 3. The van der Waals surface area contributed by atoms with Gasteiger partial charge >= 0.3 is 0 Å². The fourth-order valence-corrected chi connectivity index (χ4v) is 3.34. The van der Waals surface area contributed by atoms with Crippen LogP contribution in [0.1, 0.15) is 37.1 Å². The van der Waals surface area contributed by atoms with Gasteiger partial charge in [0, 0.05) is 32.7 Å². The molecule has 5 heteroatoms. The van der Waals surface area contributed by atoms with Crippen molar-refractivity contribution >= 4 is 15.9 Å². The normalized spacial score (nSPS) is 16.7. The van der Waals surface area contributed by atoms with E-state index >= 15 is 0 Å². The second-order valence-corrected chi connectivity index (χ2v) is 6.36. The number of halogens is 1. The first kappa shape index (κ1) is 15.0. The van der Waals surface area contributed by atoms with Crippen molar-refractivity contribution in [2.24, 2.45) is 7.05 Å². The molecule has 1 aliphatic rings. The zero-order valence-electron chi connectivity index (χ0n) is 12.2. The summed E-state index contributed by atoms with van der Waals surface area (Å²) in [6.07, 6.45) is 5.57. The summed E-state index contributed by atoms with van der Waals surface area (Å²) >= 11 is 3.60. The first-order valence-corrected chi connectivity index (χ1v) is 7.98. The third kappa shape index (κ3) is 3.80. The summed E-state index contributed by atoms with van der Waals surface area (Å²) in [7, 11) is 4.25. The molecule has 108 valence electrons. The van der Waals surface area contributed by atoms with E-state index in [1.807, 2.05) is 18.7 Å². The Kier molecular flexibility index (Phi) is 5.42. The Labute approximate surface area is 124 Å². The van der Waals surface area contributed by atoms with Gasteiger partial charge in [-0.1, -0.05) is 12.8 Å². The largest absolute Gasteiger partial charge is 0.310 e. The van der Waals surface area contributed by atoms with Crippen LogP contribution in [0, 0.1) is 6.92 Å². The average molecular weight is 329 g/mol. The van der Waals surface area contributed by atoms with E-state index in [-0.39, 0.29) is 0 Å². The van der Waals surface area contributed by atoms with Crippen LogP contribution in [-0.2, 0) is 13.6 Å². The highest BCUT2D eigenvalue weighted by molar-refractivity contribution is 9.10. The Morgan fingerprint density at radius 1 is 1.42 bits per heavy atom. The molecule has 19 heavy (non-hydrogen) atoms. The summed E-state index contributed by atoms with van der Waals surface area (Å²) in [5, 5.41) is 7.93. The molecule has 1 N–H and O–H groups in total. The van der Waals surface area contributed by atoms with Gasteiger partial charge in [0.2, 0.25) is 0 Å². The van der Waals surface area contributed by atoms with Crippen LogP contribution in [-0.4, -0.2) is 40.9 Å². The van der Waals surface area contributed by atoms with Gasteiger partial charge in [-0.2, -0.15) is 5.10 Å². The molecule has 0 amide bonds. The first-order valence-electron chi connectivity index (χ1n) is 7.18. The molecule has 1 saturated carbocycles. The molecule has 0 saturated heterocycles. The quantitative estimate of drug-likeness (QED) is 0.814. The lowest BCUT2D eigenvalue weighted by Crippen LogP contribution is -2.35. The highest BCUT2D eigenvalue weighted by atomic mass is 79.9. The maximum Gasteiger partial charge on any atom is 0.0739 e. The first-order chi connectivity index (χ1) is 9.09. The summed E-state index contributed by atoms with van der Waals surface area (Å²) in [6.45, 7) is 5.06. The van der Waals surface area contributed by atoms with Crippen molar-refractivity contribution in [2.75, 3.05) is 20.1 Å². The van der Waals surface area contributed by atoms with E-state index < -0.39 is 0 Å². The van der Waals surface area contributed by atoms with Gasteiger partial charge in [0.25, 0.3) is 0 Å². The highest BCUT2D eigenvalue weighted by Crippen LogP contribution is 2.22. The molecule has 0 radical (unpaired) electrons. The van der Waals surface area contributed by atoms with Gasteiger partial charge in [-0.25, -0.2) is 0 Å². The molecule has 1 heterocycles. The van der Waals surface area contributed by atoms with Gasteiger partial charge in [-0.05, 0) is 42.7 Å².